The van der Waals surface area contributed by atoms with Crippen molar-refractivity contribution in [3.8, 4) is 52.9 Å². The molecule has 0 unspecified atom stereocenters. The molecule has 0 spiro atoms. The molecule has 0 aliphatic rings. The Morgan fingerprint density at radius 3 is 0.726 bits per heavy atom. The van der Waals surface area contributed by atoms with Crippen LogP contribution in [0.4, 0.5) is 34.1 Å². The molecule has 0 saturated heterocycles. The number of thiophene rings is 2. The molecule has 2 nitrogen and oxygen atoms in total. The van der Waals surface area contributed by atoms with E-state index in [1.165, 1.54) is 64.0 Å². The Bertz CT molecular complexity index is 2810. The summed E-state index contributed by atoms with van der Waals surface area (Å²) in [5.41, 5.74) is 16.5. The first-order valence-corrected chi connectivity index (χ1v) is 22.6. The second kappa shape index (κ2) is 17.4. The topological polar surface area (TPSA) is 6.48 Å². The third-order valence-corrected chi connectivity index (χ3v) is 13.7. The molecule has 0 radical (unpaired) electrons. The molecule has 2 aromatic heterocycles. The Morgan fingerprint density at radius 2 is 0.452 bits per heavy atom. The Morgan fingerprint density at radius 1 is 0.226 bits per heavy atom. The van der Waals surface area contributed by atoms with Crippen molar-refractivity contribution in [2.75, 3.05) is 9.80 Å². The van der Waals surface area contributed by atoms with E-state index in [0.717, 1.165) is 34.1 Å². The van der Waals surface area contributed by atoms with E-state index in [4.69, 9.17) is 0 Å². The van der Waals surface area contributed by atoms with Crippen LogP contribution in [-0.4, -0.2) is 0 Å². The minimum atomic E-state index is 1.11. The Kier molecular flexibility index (Phi) is 10.9. The number of hydrogen-bond donors (Lipinski definition) is 0. The second-order valence-electron chi connectivity index (χ2n) is 15.6. The van der Waals surface area contributed by atoms with Crippen LogP contribution in [0.5, 0.6) is 0 Å². The van der Waals surface area contributed by atoms with Gasteiger partial charge < -0.3 is 9.80 Å². The van der Waals surface area contributed by atoms with E-state index in [1.807, 2.05) is 22.7 Å². The van der Waals surface area contributed by atoms with Crippen LogP contribution in [0.2, 0.25) is 0 Å². The van der Waals surface area contributed by atoms with Gasteiger partial charge in [0, 0.05) is 53.6 Å². The average Bonchev–Trinajstić information content (AvgIpc) is 4.04. The summed E-state index contributed by atoms with van der Waals surface area (Å²) in [5, 5.41) is 0. The van der Waals surface area contributed by atoms with Crippen molar-refractivity contribution in [1.82, 2.24) is 0 Å². The summed E-state index contributed by atoms with van der Waals surface area (Å²) in [6, 6.07) is 83.5. The summed E-state index contributed by atoms with van der Waals surface area (Å²) < 4.78 is 0. The first kappa shape index (κ1) is 38.9. The molecule has 0 N–H and O–H groups in total. The van der Waals surface area contributed by atoms with Gasteiger partial charge in [-0.25, -0.2) is 0 Å². The molecule has 10 rings (SSSR count). The maximum absolute atomic E-state index is 2.34. The quantitative estimate of drug-likeness (QED) is 0.128. The van der Waals surface area contributed by atoms with Gasteiger partial charge >= 0.3 is 0 Å². The monoisotopic (exact) mass is 832 g/mol. The summed E-state index contributed by atoms with van der Waals surface area (Å²) in [5.74, 6) is 0. The lowest BCUT2D eigenvalue weighted by Gasteiger charge is -2.26. The number of hydrogen-bond acceptors (Lipinski definition) is 4. The highest BCUT2D eigenvalue weighted by Gasteiger charge is 2.16. The largest absolute Gasteiger partial charge is 0.311 e. The predicted molar refractivity (Wildman–Crippen MR) is 268 cm³/mol. The minimum absolute atomic E-state index is 1.11. The van der Waals surface area contributed by atoms with E-state index in [0.29, 0.717) is 0 Å². The van der Waals surface area contributed by atoms with Crippen LogP contribution in [-0.2, 0) is 0 Å². The number of benzene rings is 8. The number of anilines is 6. The Balaban J connectivity index is 0.911. The lowest BCUT2D eigenvalue weighted by molar-refractivity contribution is 1.27. The molecule has 0 atom stereocenters. The molecular weight excluding hydrogens is 789 g/mol. The highest BCUT2D eigenvalue weighted by molar-refractivity contribution is 7.19. The fourth-order valence-corrected chi connectivity index (χ4v) is 9.97. The summed E-state index contributed by atoms with van der Waals surface area (Å²) in [6.45, 7) is 4.27. The third kappa shape index (κ3) is 8.27. The summed E-state index contributed by atoms with van der Waals surface area (Å²) >= 11 is 3.66. The molecule has 0 aliphatic carbocycles. The molecular formula is C58H44N2S2. The number of aryl methyl sites for hydroxylation is 2. The molecule has 8 aromatic carbocycles. The predicted octanol–water partition coefficient (Wildman–Crippen LogP) is 17.7. The molecule has 0 bridgehead atoms. The normalized spacial score (nSPS) is 11.1. The van der Waals surface area contributed by atoms with E-state index in [1.54, 1.807) is 0 Å². The van der Waals surface area contributed by atoms with E-state index in [-0.39, 0.29) is 0 Å². The fourth-order valence-electron chi connectivity index (χ4n) is 7.94. The highest BCUT2D eigenvalue weighted by atomic mass is 32.1. The van der Waals surface area contributed by atoms with E-state index >= 15 is 0 Å². The Hall–Kier alpha value is -7.24. The van der Waals surface area contributed by atoms with Gasteiger partial charge in [0.25, 0.3) is 0 Å². The smallest absolute Gasteiger partial charge is 0.0462 e. The van der Waals surface area contributed by atoms with Gasteiger partial charge in [0.2, 0.25) is 0 Å². The van der Waals surface area contributed by atoms with Gasteiger partial charge in [0.05, 0.1) is 0 Å². The van der Waals surface area contributed by atoms with Crippen molar-refractivity contribution >= 4 is 56.8 Å². The summed E-state index contributed by atoms with van der Waals surface area (Å²) in [7, 11) is 0. The molecule has 0 aliphatic heterocycles. The first-order valence-electron chi connectivity index (χ1n) is 21.0. The lowest BCUT2D eigenvalue weighted by Crippen LogP contribution is -2.10. The maximum Gasteiger partial charge on any atom is 0.0462 e. The molecule has 0 saturated carbocycles. The molecule has 0 fully saturated rings. The third-order valence-electron chi connectivity index (χ3n) is 11.3. The second-order valence-corrected chi connectivity index (χ2v) is 17.8. The molecule has 62 heavy (non-hydrogen) atoms. The van der Waals surface area contributed by atoms with Crippen molar-refractivity contribution in [1.29, 1.82) is 0 Å². The van der Waals surface area contributed by atoms with Crippen molar-refractivity contribution in [2.24, 2.45) is 0 Å². The van der Waals surface area contributed by atoms with Gasteiger partial charge in [-0.15, -0.1) is 22.7 Å². The SMILES string of the molecule is Cc1ccc(N(c2ccc(-c3ccc(N(c4ccc(C)cc4)c4ccc(-c5ccc(-c6ccccc6)s5)cc4)cc3)cc2)c2ccc(-c3ccc(-c4ccccc4)s3)cc2)cc1. The van der Waals surface area contributed by atoms with Gasteiger partial charge in [0.15, 0.2) is 0 Å². The number of rotatable bonds is 11. The van der Waals surface area contributed by atoms with Gasteiger partial charge in [0.1, 0.15) is 0 Å². The summed E-state index contributed by atoms with van der Waals surface area (Å²) in [4.78, 5) is 9.76. The molecule has 0 amide bonds. The first-order chi connectivity index (χ1) is 30.5. The van der Waals surface area contributed by atoms with Crippen LogP contribution in [0.3, 0.4) is 0 Å². The standard InChI is InChI=1S/C58H44N2S2/c1-41-13-25-49(26-14-41)59(53-33-21-47(22-34-53)57-39-37-55(61-57)45-9-5-3-6-10-45)51-29-17-43(18-30-51)44-19-31-52(32-20-44)60(50-27-15-42(2)16-28-50)54-35-23-48(24-36-54)58-40-38-56(62-58)46-11-7-4-8-12-46/h3-40H,1-2H3. The van der Waals surface area contributed by atoms with Gasteiger partial charge in [-0.1, -0.05) is 145 Å². The summed E-state index contributed by atoms with van der Waals surface area (Å²) in [6.07, 6.45) is 0. The van der Waals surface area contributed by atoms with Crippen molar-refractivity contribution in [2.45, 2.75) is 13.8 Å². The van der Waals surface area contributed by atoms with Crippen molar-refractivity contribution in [3.63, 3.8) is 0 Å². The maximum atomic E-state index is 2.34. The van der Waals surface area contributed by atoms with E-state index in [2.05, 4.69) is 254 Å². The van der Waals surface area contributed by atoms with Crippen LogP contribution in [0, 0.1) is 13.8 Å². The van der Waals surface area contributed by atoms with E-state index < -0.39 is 0 Å². The fraction of sp³-hybridized carbons (Fsp3) is 0.0345. The average molecular weight is 833 g/mol. The zero-order valence-electron chi connectivity index (χ0n) is 34.7. The van der Waals surface area contributed by atoms with Crippen molar-refractivity contribution in [3.05, 3.63) is 242 Å². The zero-order valence-corrected chi connectivity index (χ0v) is 36.3. The van der Waals surface area contributed by atoms with Crippen LogP contribution in [0.1, 0.15) is 11.1 Å². The molecule has 2 heterocycles. The van der Waals surface area contributed by atoms with Crippen LogP contribution in [0.15, 0.2) is 231 Å². The van der Waals surface area contributed by atoms with E-state index in [9.17, 15) is 0 Å². The highest BCUT2D eigenvalue weighted by Crippen LogP contribution is 2.41. The van der Waals surface area contributed by atoms with Crippen molar-refractivity contribution < 1.29 is 0 Å². The van der Waals surface area contributed by atoms with Gasteiger partial charge in [-0.3, -0.25) is 0 Å². The van der Waals surface area contributed by atoms with Crippen LogP contribution in [0.25, 0.3) is 52.9 Å². The van der Waals surface area contributed by atoms with Crippen LogP contribution < -0.4 is 9.80 Å². The van der Waals surface area contributed by atoms with Gasteiger partial charge in [-0.05, 0) is 144 Å². The molecule has 10 aromatic rings. The molecule has 298 valence electrons. The number of nitrogens with zero attached hydrogens (tertiary/aromatic N) is 2. The zero-order chi connectivity index (χ0) is 41.8. The minimum Gasteiger partial charge on any atom is -0.311 e. The Labute approximate surface area is 372 Å². The lowest BCUT2D eigenvalue weighted by atomic mass is 10.0. The molecule has 4 heteroatoms. The van der Waals surface area contributed by atoms with Crippen LogP contribution >= 0.6 is 22.7 Å². The van der Waals surface area contributed by atoms with Gasteiger partial charge in [-0.2, -0.15) is 0 Å².